The van der Waals surface area contributed by atoms with Crippen LogP contribution in [0.4, 0.5) is 0 Å². The summed E-state index contributed by atoms with van der Waals surface area (Å²) >= 11 is 25.2. The first-order valence-corrected chi connectivity index (χ1v) is 7.66. The molecule has 0 nitrogen and oxygen atoms in total. The van der Waals surface area contributed by atoms with Crippen LogP contribution in [0.5, 0.6) is 0 Å². The van der Waals surface area contributed by atoms with Gasteiger partial charge in [0.2, 0.25) is 0 Å². The van der Waals surface area contributed by atoms with Gasteiger partial charge in [0.05, 0.1) is 0 Å². The minimum absolute atomic E-state index is 0.786. The van der Waals surface area contributed by atoms with Gasteiger partial charge < -0.3 is 0 Å². The first kappa shape index (κ1) is 13.0. The highest BCUT2D eigenvalue weighted by Gasteiger charge is 2.61. The van der Waals surface area contributed by atoms with Crippen LogP contribution in [-0.2, 0) is 8.67 Å². The predicted octanol–water partition coefficient (Wildman–Crippen LogP) is 6.27. The Bertz CT molecular complexity index is 865. The minimum Gasteiger partial charge on any atom is -0.0925 e. The quantitative estimate of drug-likeness (QED) is 0.334. The summed E-state index contributed by atoms with van der Waals surface area (Å²) in [6, 6.07) is 16.3. The number of rotatable bonds is 0. The fraction of sp³-hybridized carbons (Fsp3) is 0.125. The zero-order valence-electron chi connectivity index (χ0n) is 10.1. The fourth-order valence-electron chi connectivity index (χ4n) is 2.88. The Hall–Kier alpha value is -0.660. The molecule has 0 bridgehead atoms. The number of benzene rings is 3. The molecule has 0 radical (unpaired) electrons. The van der Waals surface area contributed by atoms with E-state index in [4.69, 9.17) is 46.4 Å². The van der Waals surface area contributed by atoms with Gasteiger partial charge >= 0.3 is 0 Å². The minimum atomic E-state index is -1.28. The lowest BCUT2D eigenvalue weighted by molar-refractivity contribution is 0.641. The summed E-state index contributed by atoms with van der Waals surface area (Å²) in [6.07, 6.45) is 0. The van der Waals surface area contributed by atoms with Gasteiger partial charge in [0.15, 0.2) is 8.67 Å². The van der Waals surface area contributed by atoms with Crippen LogP contribution in [0.25, 0.3) is 21.5 Å². The third kappa shape index (κ3) is 1.46. The van der Waals surface area contributed by atoms with Gasteiger partial charge in [-0.3, -0.25) is 0 Å². The first-order chi connectivity index (χ1) is 9.43. The Kier molecular flexibility index (Phi) is 2.58. The summed E-state index contributed by atoms with van der Waals surface area (Å²) in [4.78, 5) is 0. The Morgan fingerprint density at radius 1 is 0.650 bits per heavy atom. The van der Waals surface area contributed by atoms with Crippen molar-refractivity contribution in [3.05, 3.63) is 59.7 Å². The lowest BCUT2D eigenvalue weighted by atomic mass is 9.81. The smallest absolute Gasteiger partial charge is 0.0925 e. The molecule has 0 saturated carbocycles. The van der Waals surface area contributed by atoms with Crippen LogP contribution in [0, 0.1) is 0 Å². The molecule has 3 aromatic rings. The van der Waals surface area contributed by atoms with Gasteiger partial charge in [-0.15, -0.1) is 0 Å². The van der Waals surface area contributed by atoms with Gasteiger partial charge in [0, 0.05) is 5.56 Å². The number of fused-ring (bicyclic) bond motifs is 4. The zero-order chi connectivity index (χ0) is 14.1. The van der Waals surface area contributed by atoms with E-state index in [2.05, 4.69) is 24.3 Å². The molecule has 0 N–H and O–H groups in total. The molecular formula is C16H8Cl4. The van der Waals surface area contributed by atoms with Crippen molar-refractivity contribution in [3.63, 3.8) is 0 Å². The second-order valence-corrected chi connectivity index (χ2v) is 7.71. The standard InChI is InChI=1S/C16H8Cl4/c17-15(18)13-6-5-11-7-9-3-1-2-4-10(9)8-12(11)14(13)16(15,19)20/h1-8H. The monoisotopic (exact) mass is 340 g/mol. The maximum absolute atomic E-state index is 6.36. The molecule has 0 aromatic heterocycles. The highest BCUT2D eigenvalue weighted by atomic mass is 35.5. The lowest BCUT2D eigenvalue weighted by Crippen LogP contribution is -2.43. The summed E-state index contributed by atoms with van der Waals surface area (Å²) in [5, 5.41) is 4.40. The zero-order valence-corrected chi connectivity index (χ0v) is 13.2. The fourth-order valence-corrected chi connectivity index (χ4v) is 3.99. The Morgan fingerprint density at radius 2 is 1.30 bits per heavy atom. The van der Waals surface area contributed by atoms with E-state index in [-0.39, 0.29) is 0 Å². The second-order valence-electron chi connectivity index (χ2n) is 5.06. The maximum atomic E-state index is 6.36. The largest absolute Gasteiger partial charge is 0.181 e. The molecule has 3 aromatic carbocycles. The topological polar surface area (TPSA) is 0 Å². The van der Waals surface area contributed by atoms with Crippen molar-refractivity contribution in [3.8, 4) is 0 Å². The van der Waals surface area contributed by atoms with Crippen molar-refractivity contribution in [1.29, 1.82) is 0 Å². The average Bonchev–Trinajstić information content (AvgIpc) is 2.43. The molecule has 4 heteroatoms. The number of hydrogen-bond acceptors (Lipinski definition) is 0. The predicted molar refractivity (Wildman–Crippen MR) is 88.2 cm³/mol. The van der Waals surface area contributed by atoms with Gasteiger partial charge in [-0.25, -0.2) is 0 Å². The molecule has 0 aliphatic heterocycles. The van der Waals surface area contributed by atoms with E-state index in [1.807, 2.05) is 24.3 Å². The van der Waals surface area contributed by atoms with Crippen molar-refractivity contribution in [2.75, 3.05) is 0 Å². The molecule has 100 valence electrons. The van der Waals surface area contributed by atoms with Crippen LogP contribution in [0.3, 0.4) is 0 Å². The normalized spacial score (nSPS) is 18.8. The van der Waals surface area contributed by atoms with Crippen LogP contribution in [0.15, 0.2) is 48.5 Å². The van der Waals surface area contributed by atoms with E-state index in [0.29, 0.717) is 0 Å². The molecule has 0 unspecified atom stereocenters. The first-order valence-electron chi connectivity index (χ1n) is 6.15. The van der Waals surface area contributed by atoms with Crippen LogP contribution >= 0.6 is 46.4 Å². The van der Waals surface area contributed by atoms with Gasteiger partial charge in [-0.2, -0.15) is 0 Å². The van der Waals surface area contributed by atoms with Crippen molar-refractivity contribution < 1.29 is 0 Å². The third-order valence-electron chi connectivity index (χ3n) is 3.93. The summed E-state index contributed by atoms with van der Waals surface area (Å²) < 4.78 is -2.54. The maximum Gasteiger partial charge on any atom is 0.181 e. The van der Waals surface area contributed by atoms with Crippen LogP contribution in [0.1, 0.15) is 11.1 Å². The number of hydrogen-bond donors (Lipinski definition) is 0. The van der Waals surface area contributed by atoms with Crippen molar-refractivity contribution in [1.82, 2.24) is 0 Å². The third-order valence-corrected chi connectivity index (χ3v) is 6.24. The van der Waals surface area contributed by atoms with Crippen molar-refractivity contribution in [2.24, 2.45) is 0 Å². The molecule has 0 amide bonds. The van der Waals surface area contributed by atoms with E-state index in [0.717, 1.165) is 27.3 Å². The molecule has 0 heterocycles. The molecule has 0 saturated heterocycles. The van der Waals surface area contributed by atoms with E-state index in [1.165, 1.54) is 5.39 Å². The van der Waals surface area contributed by atoms with Gasteiger partial charge in [0.1, 0.15) is 0 Å². The summed E-state index contributed by atoms with van der Waals surface area (Å²) in [7, 11) is 0. The van der Waals surface area contributed by atoms with E-state index < -0.39 is 8.67 Å². The highest BCUT2D eigenvalue weighted by Crippen LogP contribution is 2.67. The summed E-state index contributed by atoms with van der Waals surface area (Å²) in [5.74, 6) is 0. The molecule has 4 rings (SSSR count). The van der Waals surface area contributed by atoms with Crippen molar-refractivity contribution in [2.45, 2.75) is 8.67 Å². The molecule has 0 spiro atoms. The van der Waals surface area contributed by atoms with Gasteiger partial charge in [-0.1, -0.05) is 82.8 Å². The number of halogens is 4. The SMILES string of the molecule is ClC1(Cl)c2ccc3cc4ccccc4cc3c2C1(Cl)Cl. The summed E-state index contributed by atoms with van der Waals surface area (Å²) in [6.45, 7) is 0. The Labute approximate surface area is 136 Å². The van der Waals surface area contributed by atoms with E-state index >= 15 is 0 Å². The van der Waals surface area contributed by atoms with Crippen LogP contribution in [-0.4, -0.2) is 0 Å². The van der Waals surface area contributed by atoms with Gasteiger partial charge in [0.25, 0.3) is 0 Å². The Morgan fingerprint density at radius 3 is 2.00 bits per heavy atom. The van der Waals surface area contributed by atoms with Crippen LogP contribution in [0.2, 0.25) is 0 Å². The van der Waals surface area contributed by atoms with Crippen molar-refractivity contribution >= 4 is 67.9 Å². The molecule has 1 aliphatic carbocycles. The molecular weight excluding hydrogens is 334 g/mol. The number of alkyl halides is 4. The van der Waals surface area contributed by atoms with Gasteiger partial charge in [-0.05, 0) is 39.2 Å². The Balaban J connectivity index is 2.15. The van der Waals surface area contributed by atoms with E-state index in [9.17, 15) is 0 Å². The molecule has 0 fully saturated rings. The molecule has 0 atom stereocenters. The van der Waals surface area contributed by atoms with Crippen LogP contribution < -0.4 is 0 Å². The van der Waals surface area contributed by atoms with E-state index in [1.54, 1.807) is 0 Å². The molecule has 1 aliphatic rings. The molecule has 20 heavy (non-hydrogen) atoms. The lowest BCUT2D eigenvalue weighted by Gasteiger charge is -2.46. The average molecular weight is 342 g/mol. The highest BCUT2D eigenvalue weighted by molar-refractivity contribution is 6.64. The second kappa shape index (κ2) is 3.96. The summed E-state index contributed by atoms with van der Waals surface area (Å²) in [5.41, 5.74) is 1.60.